The zero-order valence-electron chi connectivity index (χ0n) is 62.9. The summed E-state index contributed by atoms with van der Waals surface area (Å²) < 4.78 is 68.3. The minimum Gasteiger partial charge on any atom is -0.462 e. The summed E-state index contributed by atoms with van der Waals surface area (Å²) in [6.07, 6.45) is 60.9. The van der Waals surface area contributed by atoms with E-state index in [0.717, 1.165) is 127 Å². The number of hydrogen-bond acceptors (Lipinski definition) is 15. The van der Waals surface area contributed by atoms with E-state index in [1.807, 2.05) is 0 Å². The topological polar surface area (TPSA) is 237 Å². The molecule has 572 valence electrons. The first kappa shape index (κ1) is 94.5. The lowest BCUT2D eigenvalue weighted by atomic mass is 9.99. The lowest BCUT2D eigenvalue weighted by Gasteiger charge is -2.21. The van der Waals surface area contributed by atoms with Crippen molar-refractivity contribution in [2.24, 2.45) is 11.8 Å². The van der Waals surface area contributed by atoms with Crippen LogP contribution in [0.1, 0.15) is 382 Å². The molecule has 0 spiro atoms. The molecule has 6 atom stereocenters. The molecule has 0 aliphatic carbocycles. The molecular formula is C78H148O17P2. The maximum Gasteiger partial charge on any atom is 0.472 e. The van der Waals surface area contributed by atoms with Crippen LogP contribution >= 0.6 is 15.6 Å². The van der Waals surface area contributed by atoms with Crippen LogP contribution in [0.2, 0.25) is 0 Å². The monoisotopic (exact) mass is 1420 g/mol. The summed E-state index contributed by atoms with van der Waals surface area (Å²) in [6.45, 7) is 9.52. The first-order valence-corrected chi connectivity index (χ1v) is 42.8. The predicted octanol–water partition coefficient (Wildman–Crippen LogP) is 22.7. The summed E-state index contributed by atoms with van der Waals surface area (Å²) >= 11 is 0. The van der Waals surface area contributed by atoms with Crippen molar-refractivity contribution in [1.29, 1.82) is 0 Å². The molecule has 0 fully saturated rings. The smallest absolute Gasteiger partial charge is 0.462 e. The molecule has 17 nitrogen and oxygen atoms in total. The van der Waals surface area contributed by atoms with E-state index in [-0.39, 0.29) is 25.7 Å². The summed E-state index contributed by atoms with van der Waals surface area (Å²) in [5, 5.41) is 10.6. The quantitative estimate of drug-likeness (QED) is 0.0169. The van der Waals surface area contributed by atoms with Crippen molar-refractivity contribution in [3.63, 3.8) is 0 Å². The zero-order valence-corrected chi connectivity index (χ0v) is 64.7. The Morgan fingerprint density at radius 3 is 0.928 bits per heavy atom. The Labute approximate surface area is 592 Å². The van der Waals surface area contributed by atoms with Crippen LogP contribution < -0.4 is 0 Å². The van der Waals surface area contributed by atoms with Crippen molar-refractivity contribution in [3.05, 3.63) is 24.3 Å². The third-order valence-corrected chi connectivity index (χ3v) is 19.8. The molecule has 0 radical (unpaired) electrons. The molecule has 0 aromatic heterocycles. The lowest BCUT2D eigenvalue weighted by molar-refractivity contribution is -0.161. The van der Waals surface area contributed by atoms with Gasteiger partial charge in [-0.2, -0.15) is 0 Å². The van der Waals surface area contributed by atoms with Crippen LogP contribution in [0.5, 0.6) is 0 Å². The van der Waals surface area contributed by atoms with E-state index in [0.29, 0.717) is 25.7 Å². The van der Waals surface area contributed by atoms with Crippen molar-refractivity contribution in [2.45, 2.75) is 400 Å². The molecule has 97 heavy (non-hydrogen) atoms. The van der Waals surface area contributed by atoms with Crippen LogP contribution in [0.3, 0.4) is 0 Å². The number of phosphoric ester groups is 2. The number of phosphoric acid groups is 2. The van der Waals surface area contributed by atoms with Crippen LogP contribution in [0, 0.1) is 11.8 Å². The standard InChI is InChI=1S/C78H148O17P2/c1-7-10-12-14-15-16-17-18-23-27-33-38-43-49-55-61-76(81)89-67-74(95-78(83)63-56-50-44-39-34-28-25-22-20-19-21-24-26-32-37-42-48-53-59-71(6)9-3)69-93-97(86,87)91-65-72(79)64-90-96(84,85)92-68-73(66-88-75(80)60-54-46-13-11-8-2)94-77(82)62-57-51-45-40-35-30-29-31-36-41-47-52-58-70(4)5/h16-18,23,70-74,79H,7-15,19-22,24-69H2,1-6H3,(H,84,85)(H,86,87)/b17-16-,23-18-/t71?,72-,73+,74+/m0/s1. The second-order valence-electron chi connectivity index (χ2n) is 28.1. The van der Waals surface area contributed by atoms with E-state index in [2.05, 4.69) is 65.8 Å². The number of hydrogen-bond donors (Lipinski definition) is 3. The second kappa shape index (κ2) is 69.3. The number of rotatable bonds is 75. The highest BCUT2D eigenvalue weighted by molar-refractivity contribution is 7.47. The van der Waals surface area contributed by atoms with Gasteiger partial charge in [0.05, 0.1) is 26.4 Å². The van der Waals surface area contributed by atoms with Gasteiger partial charge in [-0.1, -0.05) is 329 Å². The number of allylic oxidation sites excluding steroid dienone is 4. The van der Waals surface area contributed by atoms with Crippen LogP contribution in [-0.2, 0) is 65.4 Å². The van der Waals surface area contributed by atoms with E-state index < -0.39 is 97.5 Å². The normalized spacial score (nSPS) is 14.4. The van der Waals surface area contributed by atoms with Crippen molar-refractivity contribution in [3.8, 4) is 0 Å². The maximum atomic E-state index is 13.1. The fourth-order valence-corrected chi connectivity index (χ4v) is 13.0. The SMILES string of the molecule is CCCCCC/C=C\C=C/CCCCCCCC(=O)OC[C@H](COP(=O)(O)OC[C@@H](O)COP(=O)(O)OC[C@@H](COC(=O)CCCCCCC)OC(=O)CCCCCCCCCCCCCCC(C)C)OC(=O)CCCCCCCCCCCCCCCCCCCCC(C)CC. The van der Waals surface area contributed by atoms with Gasteiger partial charge in [-0.25, -0.2) is 9.13 Å². The van der Waals surface area contributed by atoms with Crippen molar-refractivity contribution >= 4 is 39.5 Å². The first-order valence-electron chi connectivity index (χ1n) is 39.8. The summed E-state index contributed by atoms with van der Waals surface area (Å²) in [5.74, 6) is -0.511. The molecule has 0 aromatic rings. The molecule has 0 saturated carbocycles. The van der Waals surface area contributed by atoms with E-state index in [1.54, 1.807) is 0 Å². The Kier molecular flexibility index (Phi) is 67.5. The minimum atomic E-state index is -4.96. The highest BCUT2D eigenvalue weighted by Gasteiger charge is 2.30. The van der Waals surface area contributed by atoms with Crippen LogP contribution in [0.4, 0.5) is 0 Å². The third-order valence-electron chi connectivity index (χ3n) is 17.9. The van der Waals surface area contributed by atoms with Crippen molar-refractivity contribution in [1.82, 2.24) is 0 Å². The van der Waals surface area contributed by atoms with Crippen LogP contribution in [0.25, 0.3) is 0 Å². The summed E-state index contributed by atoms with van der Waals surface area (Å²) in [5.41, 5.74) is 0. The fraction of sp³-hybridized carbons (Fsp3) is 0.897. The van der Waals surface area contributed by atoms with Gasteiger partial charge in [-0.3, -0.25) is 37.3 Å². The molecular weight excluding hydrogens is 1270 g/mol. The van der Waals surface area contributed by atoms with E-state index in [4.69, 9.17) is 37.0 Å². The van der Waals surface area contributed by atoms with Crippen molar-refractivity contribution in [2.75, 3.05) is 39.6 Å². The van der Waals surface area contributed by atoms with Gasteiger partial charge in [0.1, 0.15) is 19.3 Å². The third kappa shape index (κ3) is 70.4. The van der Waals surface area contributed by atoms with Crippen molar-refractivity contribution < 1.29 is 80.2 Å². The lowest BCUT2D eigenvalue weighted by Crippen LogP contribution is -2.30. The molecule has 0 heterocycles. The van der Waals surface area contributed by atoms with E-state index in [9.17, 15) is 43.2 Å². The molecule has 0 saturated heterocycles. The number of unbranched alkanes of at least 4 members (excludes halogenated alkanes) is 41. The Bertz CT molecular complexity index is 1970. The van der Waals surface area contributed by atoms with Gasteiger partial charge in [-0.05, 0) is 63.2 Å². The average Bonchev–Trinajstić information content (AvgIpc) is 1.64. The molecule has 0 aromatic carbocycles. The Hall–Kier alpha value is -2.46. The summed E-state index contributed by atoms with van der Waals surface area (Å²) in [6, 6.07) is 0. The van der Waals surface area contributed by atoms with E-state index in [1.165, 1.54) is 173 Å². The van der Waals surface area contributed by atoms with Gasteiger partial charge < -0.3 is 33.8 Å². The Balaban J connectivity index is 5.15. The largest absolute Gasteiger partial charge is 0.472 e. The highest BCUT2D eigenvalue weighted by Crippen LogP contribution is 2.45. The minimum absolute atomic E-state index is 0.101. The molecule has 0 bridgehead atoms. The molecule has 3 N–H and O–H groups in total. The van der Waals surface area contributed by atoms with Gasteiger partial charge in [0, 0.05) is 25.7 Å². The molecule has 19 heteroatoms. The number of ether oxygens (including phenoxy) is 4. The van der Waals surface area contributed by atoms with Gasteiger partial charge in [-0.15, -0.1) is 0 Å². The van der Waals surface area contributed by atoms with Gasteiger partial charge >= 0.3 is 39.5 Å². The van der Waals surface area contributed by atoms with Crippen LogP contribution in [0.15, 0.2) is 24.3 Å². The molecule has 0 rings (SSSR count). The maximum absolute atomic E-state index is 13.1. The van der Waals surface area contributed by atoms with Crippen LogP contribution in [-0.4, -0.2) is 96.7 Å². The zero-order chi connectivity index (χ0) is 71.4. The summed E-state index contributed by atoms with van der Waals surface area (Å²) in [7, 11) is -9.92. The van der Waals surface area contributed by atoms with Gasteiger partial charge in [0.25, 0.3) is 0 Å². The molecule has 0 aliphatic rings. The van der Waals surface area contributed by atoms with Gasteiger partial charge in [0.2, 0.25) is 0 Å². The second-order valence-corrected chi connectivity index (χ2v) is 31.0. The molecule has 0 amide bonds. The number of aliphatic hydroxyl groups excluding tert-OH is 1. The Morgan fingerprint density at radius 2 is 0.608 bits per heavy atom. The predicted molar refractivity (Wildman–Crippen MR) is 395 cm³/mol. The number of carbonyl (C=O) groups is 4. The molecule has 0 aliphatic heterocycles. The van der Waals surface area contributed by atoms with E-state index >= 15 is 0 Å². The fourth-order valence-electron chi connectivity index (χ4n) is 11.4. The highest BCUT2D eigenvalue weighted by atomic mass is 31.2. The number of esters is 4. The first-order chi connectivity index (χ1) is 46.9. The average molecular weight is 1420 g/mol. The number of carbonyl (C=O) groups excluding carboxylic acids is 4. The molecule has 3 unspecified atom stereocenters. The Morgan fingerprint density at radius 1 is 0.340 bits per heavy atom. The van der Waals surface area contributed by atoms with Gasteiger partial charge in [0.15, 0.2) is 12.2 Å². The summed E-state index contributed by atoms with van der Waals surface area (Å²) in [4.78, 5) is 72.6. The number of aliphatic hydroxyl groups is 1.